The second kappa shape index (κ2) is 5.90. The second-order valence-electron chi connectivity index (χ2n) is 3.33. The first-order valence-electron chi connectivity index (χ1n) is 4.99. The molecule has 1 aromatic carbocycles. The summed E-state index contributed by atoms with van der Waals surface area (Å²) in [6, 6.07) is 7.24. The number of aryl methyl sites for hydroxylation is 1. The van der Waals surface area contributed by atoms with Gasteiger partial charge in [0.05, 0.1) is 6.42 Å². The Bertz CT molecular complexity index is 384. The zero-order valence-electron chi connectivity index (χ0n) is 9.36. The predicted molar refractivity (Wildman–Crippen MR) is 58.1 cm³/mol. The van der Waals surface area contributed by atoms with Gasteiger partial charge in [-0.25, -0.2) is 0 Å². The Morgan fingerprint density at radius 2 is 1.94 bits per heavy atom. The number of esters is 2. The van der Waals surface area contributed by atoms with Gasteiger partial charge in [0.15, 0.2) is 0 Å². The molecule has 0 aliphatic carbocycles. The maximum Gasteiger partial charge on any atom is 0.314 e. The number of benzene rings is 1. The molecule has 0 saturated carbocycles. The van der Waals surface area contributed by atoms with Crippen LogP contribution in [0.15, 0.2) is 24.3 Å². The van der Waals surface area contributed by atoms with Gasteiger partial charge in [-0.15, -0.1) is 0 Å². The molecular formula is C12H14O4. The van der Waals surface area contributed by atoms with Crippen LogP contribution in [0.4, 0.5) is 0 Å². The van der Waals surface area contributed by atoms with Crippen molar-refractivity contribution in [1.29, 1.82) is 0 Å². The molecule has 0 radical (unpaired) electrons. The molecule has 0 aliphatic heterocycles. The van der Waals surface area contributed by atoms with E-state index in [0.717, 1.165) is 5.56 Å². The zero-order chi connectivity index (χ0) is 12.0. The number of hydrogen-bond donors (Lipinski definition) is 0. The summed E-state index contributed by atoms with van der Waals surface area (Å²) < 4.78 is 9.74. The Balaban J connectivity index is 2.40. The van der Waals surface area contributed by atoms with Crippen molar-refractivity contribution in [2.75, 3.05) is 6.61 Å². The van der Waals surface area contributed by atoms with Crippen molar-refractivity contribution >= 4 is 11.9 Å². The fourth-order valence-electron chi connectivity index (χ4n) is 1.12. The van der Waals surface area contributed by atoms with Crippen LogP contribution in [0.1, 0.15) is 18.9 Å². The van der Waals surface area contributed by atoms with Crippen LogP contribution < -0.4 is 4.74 Å². The third kappa shape index (κ3) is 4.13. The highest BCUT2D eigenvalue weighted by Gasteiger charge is 2.07. The Labute approximate surface area is 94.2 Å². The van der Waals surface area contributed by atoms with Crippen molar-refractivity contribution < 1.29 is 19.1 Å². The summed E-state index contributed by atoms with van der Waals surface area (Å²) in [4.78, 5) is 21.8. The third-order valence-electron chi connectivity index (χ3n) is 1.93. The lowest BCUT2D eigenvalue weighted by Gasteiger charge is -2.06. The molecule has 0 fully saturated rings. The highest BCUT2D eigenvalue weighted by atomic mass is 16.5. The predicted octanol–water partition coefficient (Wildman–Crippen LogP) is 1.85. The third-order valence-corrected chi connectivity index (χ3v) is 1.93. The van der Waals surface area contributed by atoms with Crippen LogP contribution in [-0.4, -0.2) is 18.5 Å². The molecule has 0 N–H and O–H groups in total. The quantitative estimate of drug-likeness (QED) is 0.576. The summed E-state index contributed by atoms with van der Waals surface area (Å²) >= 11 is 0. The van der Waals surface area contributed by atoms with Gasteiger partial charge in [0.25, 0.3) is 0 Å². The van der Waals surface area contributed by atoms with E-state index in [2.05, 4.69) is 4.74 Å². The fraction of sp³-hybridized carbons (Fsp3) is 0.333. The van der Waals surface area contributed by atoms with Gasteiger partial charge in [-0.3, -0.25) is 9.59 Å². The molecule has 86 valence electrons. The summed E-state index contributed by atoms with van der Waals surface area (Å²) in [5.74, 6) is -0.269. The summed E-state index contributed by atoms with van der Waals surface area (Å²) in [5.41, 5.74) is 0.892. The summed E-state index contributed by atoms with van der Waals surface area (Å²) in [6.45, 7) is 3.21. The van der Waals surface area contributed by atoms with Gasteiger partial charge in [-0.2, -0.15) is 0 Å². The second-order valence-corrected chi connectivity index (χ2v) is 3.33. The molecule has 0 bridgehead atoms. The average molecular weight is 222 g/mol. The first kappa shape index (κ1) is 12.2. The SMILES string of the molecule is CC(=O)OCCC(=O)Oc1ccccc1C. The minimum absolute atomic E-state index is 0.0556. The topological polar surface area (TPSA) is 52.6 Å². The number of carbonyl (C=O) groups excluding carboxylic acids is 2. The lowest BCUT2D eigenvalue weighted by atomic mass is 10.2. The maximum atomic E-state index is 11.3. The van der Waals surface area contributed by atoms with E-state index in [0.29, 0.717) is 5.75 Å². The van der Waals surface area contributed by atoms with E-state index in [-0.39, 0.29) is 13.0 Å². The molecule has 0 spiro atoms. The molecule has 0 unspecified atom stereocenters. The number of hydrogen-bond acceptors (Lipinski definition) is 4. The molecule has 16 heavy (non-hydrogen) atoms. The van der Waals surface area contributed by atoms with E-state index < -0.39 is 11.9 Å². The van der Waals surface area contributed by atoms with Crippen molar-refractivity contribution in [3.8, 4) is 5.75 Å². The molecule has 0 saturated heterocycles. The van der Waals surface area contributed by atoms with Gasteiger partial charge >= 0.3 is 11.9 Å². The maximum absolute atomic E-state index is 11.3. The van der Waals surface area contributed by atoms with Gasteiger partial charge in [0.1, 0.15) is 12.4 Å². The molecule has 0 heterocycles. The van der Waals surface area contributed by atoms with Gasteiger partial charge in [0.2, 0.25) is 0 Å². The zero-order valence-corrected chi connectivity index (χ0v) is 9.36. The first-order chi connectivity index (χ1) is 7.59. The van der Waals surface area contributed by atoms with Crippen LogP contribution in [0, 0.1) is 6.92 Å². The van der Waals surface area contributed by atoms with Crippen molar-refractivity contribution in [2.24, 2.45) is 0 Å². The number of ether oxygens (including phenoxy) is 2. The Morgan fingerprint density at radius 3 is 2.56 bits per heavy atom. The summed E-state index contributed by atoms with van der Waals surface area (Å²) in [6.07, 6.45) is 0.0634. The molecule has 0 amide bonds. The van der Waals surface area contributed by atoms with Crippen LogP contribution in [0.25, 0.3) is 0 Å². The average Bonchev–Trinajstić information content (AvgIpc) is 2.21. The normalized spacial score (nSPS) is 9.62. The van der Waals surface area contributed by atoms with Crippen LogP contribution >= 0.6 is 0 Å². The van der Waals surface area contributed by atoms with Crippen molar-refractivity contribution in [2.45, 2.75) is 20.3 Å². The standard InChI is InChI=1S/C12H14O4/c1-9-5-3-4-6-11(9)16-12(14)7-8-15-10(2)13/h3-6H,7-8H2,1-2H3. The van der Waals surface area contributed by atoms with Crippen molar-refractivity contribution in [3.63, 3.8) is 0 Å². The molecule has 4 nitrogen and oxygen atoms in total. The number of carbonyl (C=O) groups is 2. The minimum atomic E-state index is -0.407. The van der Waals surface area contributed by atoms with Crippen LogP contribution in [0.3, 0.4) is 0 Å². The Kier molecular flexibility index (Phi) is 4.51. The van der Waals surface area contributed by atoms with Gasteiger partial charge in [-0.05, 0) is 18.6 Å². The lowest BCUT2D eigenvalue weighted by molar-refractivity contribution is -0.143. The van der Waals surface area contributed by atoms with E-state index in [9.17, 15) is 9.59 Å². The van der Waals surface area contributed by atoms with E-state index in [1.54, 1.807) is 12.1 Å². The van der Waals surface area contributed by atoms with Gasteiger partial charge in [0, 0.05) is 6.92 Å². The molecule has 1 rings (SSSR count). The summed E-state index contributed by atoms with van der Waals surface area (Å²) in [5, 5.41) is 0. The van der Waals surface area contributed by atoms with Crippen molar-refractivity contribution in [3.05, 3.63) is 29.8 Å². The van der Waals surface area contributed by atoms with E-state index >= 15 is 0 Å². The Morgan fingerprint density at radius 1 is 1.25 bits per heavy atom. The van der Waals surface area contributed by atoms with E-state index in [1.165, 1.54) is 6.92 Å². The van der Waals surface area contributed by atoms with Crippen molar-refractivity contribution in [1.82, 2.24) is 0 Å². The molecule has 4 heteroatoms. The van der Waals surface area contributed by atoms with Crippen LogP contribution in [0.5, 0.6) is 5.75 Å². The number of rotatable bonds is 4. The minimum Gasteiger partial charge on any atom is -0.465 e. The largest absolute Gasteiger partial charge is 0.465 e. The number of para-hydroxylation sites is 1. The molecule has 0 aromatic heterocycles. The highest BCUT2D eigenvalue weighted by Crippen LogP contribution is 2.16. The van der Waals surface area contributed by atoms with Gasteiger partial charge < -0.3 is 9.47 Å². The smallest absolute Gasteiger partial charge is 0.314 e. The molecular weight excluding hydrogens is 208 g/mol. The monoisotopic (exact) mass is 222 g/mol. The summed E-state index contributed by atoms with van der Waals surface area (Å²) in [7, 11) is 0. The lowest BCUT2D eigenvalue weighted by Crippen LogP contribution is -2.13. The fourth-order valence-corrected chi connectivity index (χ4v) is 1.12. The van der Waals surface area contributed by atoms with E-state index in [1.807, 2.05) is 19.1 Å². The highest BCUT2D eigenvalue weighted by molar-refractivity contribution is 5.73. The molecule has 0 atom stereocenters. The molecule has 1 aromatic rings. The van der Waals surface area contributed by atoms with Crippen LogP contribution in [-0.2, 0) is 14.3 Å². The Hall–Kier alpha value is -1.84. The first-order valence-corrected chi connectivity index (χ1v) is 4.99. The molecule has 0 aliphatic rings. The van der Waals surface area contributed by atoms with E-state index in [4.69, 9.17) is 4.74 Å². The van der Waals surface area contributed by atoms with Crippen LogP contribution in [0.2, 0.25) is 0 Å². The van der Waals surface area contributed by atoms with Gasteiger partial charge in [-0.1, -0.05) is 18.2 Å².